The van der Waals surface area contributed by atoms with Gasteiger partial charge in [0.05, 0.1) is 22.2 Å². The molecular weight excluding hydrogens is 438 g/mol. The average molecular weight is 464 g/mol. The van der Waals surface area contributed by atoms with Gasteiger partial charge in [0.25, 0.3) is 5.91 Å². The molecule has 0 unspecified atom stereocenters. The van der Waals surface area contributed by atoms with Crippen LogP contribution in [0, 0.1) is 18.3 Å². The van der Waals surface area contributed by atoms with Crippen molar-refractivity contribution in [1.29, 1.82) is 5.26 Å². The third-order valence-corrected chi connectivity index (χ3v) is 7.11. The maximum atomic E-state index is 13.0. The minimum atomic E-state index is -3.74. The molecule has 8 heteroatoms. The second-order valence-corrected chi connectivity index (χ2v) is 9.24. The third-order valence-electron chi connectivity index (χ3n) is 5.07. The number of hydrogen-bond acceptors (Lipinski definition) is 5. The topological polar surface area (TPSA) is 99.5 Å². The van der Waals surface area contributed by atoms with Crippen LogP contribution in [0.4, 0.5) is 5.69 Å². The highest BCUT2D eigenvalue weighted by molar-refractivity contribution is 7.89. The highest BCUT2D eigenvalue weighted by Gasteiger charge is 2.23. The van der Waals surface area contributed by atoms with Crippen molar-refractivity contribution in [2.45, 2.75) is 25.7 Å². The number of nitriles is 1. The Bertz CT molecular complexity index is 1270. The number of hydrogen-bond donors (Lipinski definition) is 1. The molecule has 1 N–H and O–H groups in total. The molecule has 0 aromatic heterocycles. The van der Waals surface area contributed by atoms with Crippen LogP contribution in [0.5, 0.6) is 11.5 Å². The molecule has 3 aromatic rings. The number of sulfonamides is 1. The molecule has 0 saturated carbocycles. The summed E-state index contributed by atoms with van der Waals surface area (Å²) in [5.74, 6) is 0.402. The number of benzene rings is 3. The zero-order valence-electron chi connectivity index (χ0n) is 18.7. The third kappa shape index (κ3) is 5.58. The zero-order valence-corrected chi connectivity index (χ0v) is 19.5. The van der Waals surface area contributed by atoms with Crippen LogP contribution >= 0.6 is 0 Å². The molecule has 0 spiro atoms. The summed E-state index contributed by atoms with van der Waals surface area (Å²) < 4.78 is 33.3. The van der Waals surface area contributed by atoms with Gasteiger partial charge in [0, 0.05) is 18.7 Å². The Hall–Kier alpha value is -3.67. The summed E-state index contributed by atoms with van der Waals surface area (Å²) >= 11 is 0. The number of carbonyl (C=O) groups is 1. The molecule has 170 valence electrons. The van der Waals surface area contributed by atoms with Crippen LogP contribution in [0.2, 0.25) is 0 Å². The zero-order chi connectivity index (χ0) is 24.0. The summed E-state index contributed by atoms with van der Waals surface area (Å²) in [7, 11) is -3.74. The molecule has 3 rings (SSSR count). The Morgan fingerprint density at radius 1 is 1.00 bits per heavy atom. The predicted molar refractivity (Wildman–Crippen MR) is 127 cm³/mol. The molecule has 0 aliphatic rings. The molecule has 0 radical (unpaired) electrons. The lowest BCUT2D eigenvalue weighted by Crippen LogP contribution is -2.30. The van der Waals surface area contributed by atoms with Crippen molar-refractivity contribution >= 4 is 21.6 Å². The fourth-order valence-corrected chi connectivity index (χ4v) is 4.68. The number of carbonyl (C=O) groups excluding carboxylic acids is 1. The summed E-state index contributed by atoms with van der Waals surface area (Å²) in [6, 6.07) is 19.9. The maximum absolute atomic E-state index is 13.0. The second kappa shape index (κ2) is 10.3. The van der Waals surface area contributed by atoms with Crippen LogP contribution in [-0.4, -0.2) is 31.7 Å². The van der Waals surface area contributed by atoms with Crippen molar-refractivity contribution < 1.29 is 17.9 Å². The molecular formula is C25H25N3O4S. The summed E-state index contributed by atoms with van der Waals surface area (Å²) in [4.78, 5) is 12.9. The van der Waals surface area contributed by atoms with E-state index >= 15 is 0 Å². The largest absolute Gasteiger partial charge is 0.455 e. The highest BCUT2D eigenvalue weighted by Crippen LogP contribution is 2.33. The van der Waals surface area contributed by atoms with Gasteiger partial charge >= 0.3 is 0 Å². The van der Waals surface area contributed by atoms with Crippen LogP contribution < -0.4 is 10.1 Å². The number of aryl methyl sites for hydroxylation is 1. The summed E-state index contributed by atoms with van der Waals surface area (Å²) in [6.07, 6.45) is 0. The molecule has 0 bridgehead atoms. The van der Waals surface area contributed by atoms with Crippen molar-refractivity contribution in [1.82, 2.24) is 4.31 Å². The summed E-state index contributed by atoms with van der Waals surface area (Å²) in [6.45, 7) is 6.15. The molecule has 0 saturated heterocycles. The predicted octanol–water partition coefficient (Wildman–Crippen LogP) is 4.94. The minimum Gasteiger partial charge on any atom is -0.455 e. The maximum Gasteiger partial charge on any atom is 0.255 e. The molecule has 0 heterocycles. The van der Waals surface area contributed by atoms with E-state index in [-0.39, 0.29) is 10.6 Å². The quantitative estimate of drug-likeness (QED) is 0.510. The van der Waals surface area contributed by atoms with Crippen LogP contribution in [0.1, 0.15) is 35.3 Å². The fraction of sp³-hybridized carbons (Fsp3) is 0.200. The van der Waals surface area contributed by atoms with Gasteiger partial charge in [-0.1, -0.05) is 31.5 Å². The standard InChI is InChI=1S/C25H25N3O4S/c1-4-28(5-2)33(30,31)22-14-15-24(32-21-12-6-18(3)7-13-21)23(16-22)27-25(29)20-10-8-19(17-26)9-11-20/h6-16H,4-5H2,1-3H3,(H,27,29). The first kappa shape index (κ1) is 24.0. The number of rotatable bonds is 8. The summed E-state index contributed by atoms with van der Waals surface area (Å²) in [5.41, 5.74) is 2.05. The van der Waals surface area contributed by atoms with Crippen LogP contribution in [0.15, 0.2) is 71.6 Å². The number of ether oxygens (including phenoxy) is 1. The van der Waals surface area contributed by atoms with Crippen LogP contribution in [0.3, 0.4) is 0 Å². The normalized spacial score (nSPS) is 11.1. The lowest BCUT2D eigenvalue weighted by atomic mass is 10.1. The van der Waals surface area contributed by atoms with E-state index in [0.29, 0.717) is 35.7 Å². The Balaban J connectivity index is 2.00. The molecule has 0 aliphatic heterocycles. The first-order chi connectivity index (χ1) is 15.8. The van der Waals surface area contributed by atoms with Crippen molar-refractivity contribution in [3.8, 4) is 17.6 Å². The first-order valence-electron chi connectivity index (χ1n) is 10.5. The minimum absolute atomic E-state index is 0.0533. The Morgan fingerprint density at radius 3 is 2.21 bits per heavy atom. The van der Waals surface area contributed by atoms with E-state index in [9.17, 15) is 13.2 Å². The number of anilines is 1. The van der Waals surface area contributed by atoms with E-state index in [1.165, 1.54) is 34.6 Å². The lowest BCUT2D eigenvalue weighted by molar-refractivity contribution is 0.102. The molecule has 0 aliphatic carbocycles. The molecule has 33 heavy (non-hydrogen) atoms. The van der Waals surface area contributed by atoms with E-state index in [4.69, 9.17) is 10.00 Å². The smallest absolute Gasteiger partial charge is 0.255 e. The SMILES string of the molecule is CCN(CC)S(=O)(=O)c1ccc(Oc2ccc(C)cc2)c(NC(=O)c2ccc(C#N)cc2)c1. The molecule has 0 atom stereocenters. The lowest BCUT2D eigenvalue weighted by Gasteiger charge is -2.20. The van der Waals surface area contributed by atoms with Gasteiger partial charge in [-0.05, 0) is 61.5 Å². The van der Waals surface area contributed by atoms with E-state index in [2.05, 4.69) is 5.32 Å². The first-order valence-corrected chi connectivity index (χ1v) is 11.9. The van der Waals surface area contributed by atoms with E-state index in [1.807, 2.05) is 25.1 Å². The Kier molecular flexibility index (Phi) is 7.48. The van der Waals surface area contributed by atoms with Crippen molar-refractivity contribution in [3.05, 3.63) is 83.4 Å². The molecule has 3 aromatic carbocycles. The van der Waals surface area contributed by atoms with Gasteiger partial charge in [-0.25, -0.2) is 8.42 Å². The second-order valence-electron chi connectivity index (χ2n) is 7.31. The Morgan fingerprint density at radius 2 is 1.64 bits per heavy atom. The van der Waals surface area contributed by atoms with E-state index in [1.54, 1.807) is 38.1 Å². The van der Waals surface area contributed by atoms with Crippen molar-refractivity contribution in [3.63, 3.8) is 0 Å². The average Bonchev–Trinajstić information content (AvgIpc) is 2.82. The van der Waals surface area contributed by atoms with Crippen LogP contribution in [0.25, 0.3) is 0 Å². The molecule has 1 amide bonds. The van der Waals surface area contributed by atoms with Gasteiger partial charge in [-0.3, -0.25) is 4.79 Å². The van der Waals surface area contributed by atoms with Gasteiger partial charge in [-0.2, -0.15) is 9.57 Å². The Labute approximate surface area is 194 Å². The summed E-state index contributed by atoms with van der Waals surface area (Å²) in [5, 5.41) is 11.7. The van der Waals surface area contributed by atoms with Crippen molar-refractivity contribution in [2.24, 2.45) is 0 Å². The highest BCUT2D eigenvalue weighted by atomic mass is 32.2. The van der Waals surface area contributed by atoms with Crippen LogP contribution in [-0.2, 0) is 10.0 Å². The van der Waals surface area contributed by atoms with E-state index in [0.717, 1.165) is 5.56 Å². The fourth-order valence-electron chi connectivity index (χ4n) is 3.19. The molecule has 7 nitrogen and oxygen atoms in total. The van der Waals surface area contributed by atoms with Gasteiger partial charge < -0.3 is 10.1 Å². The number of nitrogens with zero attached hydrogens (tertiary/aromatic N) is 2. The van der Waals surface area contributed by atoms with E-state index < -0.39 is 15.9 Å². The van der Waals surface area contributed by atoms with Gasteiger partial charge in [-0.15, -0.1) is 0 Å². The monoisotopic (exact) mass is 463 g/mol. The van der Waals surface area contributed by atoms with Gasteiger partial charge in [0.2, 0.25) is 10.0 Å². The van der Waals surface area contributed by atoms with Crippen molar-refractivity contribution in [2.75, 3.05) is 18.4 Å². The number of amides is 1. The van der Waals surface area contributed by atoms with Gasteiger partial charge in [0.1, 0.15) is 5.75 Å². The molecule has 0 fully saturated rings. The number of nitrogens with one attached hydrogen (secondary N) is 1. The van der Waals surface area contributed by atoms with Gasteiger partial charge in [0.15, 0.2) is 5.75 Å².